The van der Waals surface area contributed by atoms with E-state index in [1.165, 1.54) is 18.3 Å². The third kappa shape index (κ3) is 5.13. The molecule has 0 radical (unpaired) electrons. The molecule has 2 aromatic carbocycles. The van der Waals surface area contributed by atoms with Crippen LogP contribution in [0.1, 0.15) is 21.9 Å². The quantitative estimate of drug-likeness (QED) is 0.483. The highest BCUT2D eigenvalue weighted by atomic mass is 32.2. The minimum absolute atomic E-state index is 0.00143. The predicted octanol–water partition coefficient (Wildman–Crippen LogP) is 2.52. The molecule has 0 saturated heterocycles. The average molecular weight is 383 g/mol. The lowest BCUT2D eigenvalue weighted by molar-refractivity contribution is 0.0955. The van der Waals surface area contributed by atoms with Crippen LogP contribution in [0.2, 0.25) is 0 Å². The number of benzene rings is 2. The van der Waals surface area contributed by atoms with E-state index < -0.39 is 10.0 Å². The summed E-state index contributed by atoms with van der Waals surface area (Å²) in [4.78, 5) is 12.0. The summed E-state index contributed by atoms with van der Waals surface area (Å²) in [5.74, 6) is 0.469. The Hall–Kier alpha value is -3.23. The average Bonchev–Trinajstić information content (AvgIpc) is 3.16. The van der Waals surface area contributed by atoms with Gasteiger partial charge in [0, 0.05) is 5.56 Å². The molecule has 0 fully saturated rings. The summed E-state index contributed by atoms with van der Waals surface area (Å²) >= 11 is 0. The second-order valence-corrected chi connectivity index (χ2v) is 7.27. The standard InChI is InChI=1S/C19H17N3O4S/c23-19(15-7-3-1-4-8-15)22-20-13-16-11-12-17(26-16)14-21-27(24,25)18-9-5-2-6-10-18/h1-13,21H,14H2,(H,22,23)/b20-13-. The van der Waals surface area contributed by atoms with Crippen molar-refractivity contribution >= 4 is 22.1 Å². The normalized spacial score (nSPS) is 11.6. The number of sulfonamides is 1. The molecule has 1 amide bonds. The third-order valence-electron chi connectivity index (χ3n) is 3.57. The zero-order valence-corrected chi connectivity index (χ0v) is 15.0. The van der Waals surface area contributed by atoms with E-state index in [0.717, 1.165) is 0 Å². The molecule has 0 bridgehead atoms. The second kappa shape index (κ2) is 8.43. The van der Waals surface area contributed by atoms with Gasteiger partial charge >= 0.3 is 0 Å². The molecule has 1 aromatic heterocycles. The number of nitrogens with one attached hydrogen (secondary N) is 2. The number of rotatable bonds is 7. The van der Waals surface area contributed by atoms with Gasteiger partial charge in [-0.05, 0) is 36.4 Å². The number of furan rings is 1. The number of carbonyl (C=O) groups excluding carboxylic acids is 1. The van der Waals surface area contributed by atoms with Crippen LogP contribution in [0.3, 0.4) is 0 Å². The number of carbonyl (C=O) groups is 1. The first-order valence-corrected chi connectivity index (χ1v) is 9.55. The van der Waals surface area contributed by atoms with E-state index in [0.29, 0.717) is 17.1 Å². The van der Waals surface area contributed by atoms with E-state index in [9.17, 15) is 13.2 Å². The van der Waals surface area contributed by atoms with Gasteiger partial charge in [0.15, 0.2) is 0 Å². The number of amides is 1. The van der Waals surface area contributed by atoms with Crippen molar-refractivity contribution in [3.8, 4) is 0 Å². The van der Waals surface area contributed by atoms with Crippen molar-refractivity contribution in [2.75, 3.05) is 0 Å². The second-order valence-electron chi connectivity index (χ2n) is 5.51. The lowest BCUT2D eigenvalue weighted by Crippen LogP contribution is -2.22. The molecule has 138 valence electrons. The molecule has 7 nitrogen and oxygen atoms in total. The lowest BCUT2D eigenvalue weighted by atomic mass is 10.2. The van der Waals surface area contributed by atoms with Crippen molar-refractivity contribution < 1.29 is 17.6 Å². The molecule has 3 aromatic rings. The molecule has 27 heavy (non-hydrogen) atoms. The maximum Gasteiger partial charge on any atom is 0.271 e. The molecule has 0 aliphatic heterocycles. The largest absolute Gasteiger partial charge is 0.459 e. The Morgan fingerprint density at radius 3 is 2.33 bits per heavy atom. The summed E-state index contributed by atoms with van der Waals surface area (Å²) in [7, 11) is -3.61. The molecule has 3 rings (SSSR count). The smallest absolute Gasteiger partial charge is 0.271 e. The van der Waals surface area contributed by atoms with E-state index in [4.69, 9.17) is 4.42 Å². The molecule has 0 atom stereocenters. The zero-order chi connectivity index (χ0) is 19.1. The summed E-state index contributed by atoms with van der Waals surface area (Å²) in [5, 5.41) is 3.83. The van der Waals surface area contributed by atoms with E-state index in [2.05, 4.69) is 15.2 Å². The Bertz CT molecular complexity index is 1030. The van der Waals surface area contributed by atoms with Gasteiger partial charge < -0.3 is 4.42 Å². The van der Waals surface area contributed by atoms with Crippen molar-refractivity contribution in [2.45, 2.75) is 11.4 Å². The van der Waals surface area contributed by atoms with Crippen LogP contribution in [0.5, 0.6) is 0 Å². The highest BCUT2D eigenvalue weighted by Crippen LogP contribution is 2.10. The van der Waals surface area contributed by atoms with Crippen LogP contribution < -0.4 is 10.1 Å². The van der Waals surface area contributed by atoms with E-state index >= 15 is 0 Å². The highest BCUT2D eigenvalue weighted by molar-refractivity contribution is 7.89. The summed E-state index contributed by atoms with van der Waals surface area (Å²) in [6.45, 7) is 0.00143. The third-order valence-corrected chi connectivity index (χ3v) is 4.98. The van der Waals surface area contributed by atoms with Crippen LogP contribution in [0, 0.1) is 0 Å². The molecule has 0 spiro atoms. The molecule has 0 saturated carbocycles. The number of hydrogen-bond acceptors (Lipinski definition) is 5. The van der Waals surface area contributed by atoms with Crippen molar-refractivity contribution in [1.29, 1.82) is 0 Å². The number of hydrazone groups is 1. The summed E-state index contributed by atoms with van der Waals surface area (Å²) in [5.41, 5.74) is 2.88. The van der Waals surface area contributed by atoms with Crippen molar-refractivity contribution in [1.82, 2.24) is 10.1 Å². The first-order chi connectivity index (χ1) is 13.0. The first-order valence-electron chi connectivity index (χ1n) is 8.06. The van der Waals surface area contributed by atoms with Crippen molar-refractivity contribution in [2.24, 2.45) is 5.10 Å². The van der Waals surface area contributed by atoms with Crippen LogP contribution in [0.25, 0.3) is 0 Å². The predicted molar refractivity (Wildman–Crippen MR) is 101 cm³/mol. The molecule has 0 unspecified atom stereocenters. The Balaban J connectivity index is 1.55. The van der Waals surface area contributed by atoms with Crippen LogP contribution in [0.15, 0.2) is 87.2 Å². The van der Waals surface area contributed by atoms with Gasteiger partial charge in [-0.15, -0.1) is 0 Å². The van der Waals surface area contributed by atoms with Crippen LogP contribution in [-0.2, 0) is 16.6 Å². The zero-order valence-electron chi connectivity index (χ0n) is 14.2. The fourth-order valence-electron chi connectivity index (χ4n) is 2.22. The fraction of sp³-hybridized carbons (Fsp3) is 0.0526. The van der Waals surface area contributed by atoms with Crippen LogP contribution >= 0.6 is 0 Å². The van der Waals surface area contributed by atoms with Gasteiger partial charge in [-0.25, -0.2) is 18.6 Å². The maximum atomic E-state index is 12.2. The molecule has 2 N–H and O–H groups in total. The Morgan fingerprint density at radius 2 is 1.63 bits per heavy atom. The molecule has 0 aliphatic carbocycles. The van der Waals surface area contributed by atoms with Gasteiger partial charge in [0.1, 0.15) is 11.5 Å². The first kappa shape index (κ1) is 18.6. The van der Waals surface area contributed by atoms with Gasteiger partial charge in [0.25, 0.3) is 5.91 Å². The lowest BCUT2D eigenvalue weighted by Gasteiger charge is -2.04. The van der Waals surface area contributed by atoms with E-state index in [1.54, 1.807) is 54.6 Å². The van der Waals surface area contributed by atoms with Crippen LogP contribution in [0.4, 0.5) is 0 Å². The maximum absolute atomic E-state index is 12.2. The van der Waals surface area contributed by atoms with Crippen molar-refractivity contribution in [3.63, 3.8) is 0 Å². The van der Waals surface area contributed by atoms with E-state index in [1.807, 2.05) is 6.07 Å². The van der Waals surface area contributed by atoms with Gasteiger partial charge in [0.2, 0.25) is 10.0 Å². The monoisotopic (exact) mass is 383 g/mol. The molecule has 8 heteroatoms. The summed E-state index contributed by atoms with van der Waals surface area (Å²) in [6, 6.07) is 20.0. The SMILES string of the molecule is O=C(N/N=C\c1ccc(CNS(=O)(=O)c2ccccc2)o1)c1ccccc1. The summed E-state index contributed by atoms with van der Waals surface area (Å²) < 4.78 is 32.3. The van der Waals surface area contributed by atoms with Gasteiger partial charge in [0.05, 0.1) is 17.7 Å². The van der Waals surface area contributed by atoms with Crippen molar-refractivity contribution in [3.05, 3.63) is 89.9 Å². The molecule has 1 heterocycles. The van der Waals surface area contributed by atoms with Crippen LogP contribution in [-0.4, -0.2) is 20.5 Å². The fourth-order valence-corrected chi connectivity index (χ4v) is 3.23. The molecular formula is C19H17N3O4S. The minimum atomic E-state index is -3.61. The summed E-state index contributed by atoms with van der Waals surface area (Å²) in [6.07, 6.45) is 1.34. The van der Waals surface area contributed by atoms with Gasteiger partial charge in [-0.1, -0.05) is 36.4 Å². The Labute approximate surface area is 156 Å². The van der Waals surface area contributed by atoms with Gasteiger partial charge in [-0.3, -0.25) is 4.79 Å². The highest BCUT2D eigenvalue weighted by Gasteiger charge is 2.13. The van der Waals surface area contributed by atoms with Gasteiger partial charge in [-0.2, -0.15) is 5.10 Å². The molecular weight excluding hydrogens is 366 g/mol. The Kier molecular flexibility index (Phi) is 5.80. The topological polar surface area (TPSA) is 101 Å². The Morgan fingerprint density at radius 1 is 0.963 bits per heavy atom. The number of hydrogen-bond donors (Lipinski definition) is 2. The van der Waals surface area contributed by atoms with E-state index in [-0.39, 0.29) is 17.3 Å². The molecule has 0 aliphatic rings. The minimum Gasteiger partial charge on any atom is -0.459 e. The number of nitrogens with zero attached hydrogens (tertiary/aromatic N) is 1.